The third kappa shape index (κ3) is 2.86. The van der Waals surface area contributed by atoms with E-state index in [2.05, 4.69) is 10.4 Å². The van der Waals surface area contributed by atoms with E-state index in [4.69, 9.17) is 10.8 Å². The smallest absolute Gasteiger partial charge is 0.147 e. The molecule has 1 aromatic rings. The van der Waals surface area contributed by atoms with Crippen molar-refractivity contribution in [2.75, 3.05) is 24.2 Å². The number of anilines is 2. The first-order valence-corrected chi connectivity index (χ1v) is 5.36. The second-order valence-electron chi connectivity index (χ2n) is 3.54. The quantitative estimate of drug-likeness (QED) is 0.608. The van der Waals surface area contributed by atoms with Crippen molar-refractivity contribution in [3.05, 3.63) is 5.69 Å². The van der Waals surface area contributed by atoms with Crippen molar-refractivity contribution >= 4 is 11.5 Å². The van der Waals surface area contributed by atoms with E-state index in [9.17, 15) is 0 Å². The number of nitrogens with two attached hydrogens (primary N) is 1. The van der Waals surface area contributed by atoms with Crippen LogP contribution in [0.2, 0.25) is 0 Å². The molecule has 0 spiro atoms. The minimum absolute atomic E-state index is 0.239. The fourth-order valence-corrected chi connectivity index (χ4v) is 1.51. The van der Waals surface area contributed by atoms with Gasteiger partial charge in [-0.15, -0.1) is 0 Å². The van der Waals surface area contributed by atoms with E-state index in [1.807, 2.05) is 14.0 Å². The summed E-state index contributed by atoms with van der Waals surface area (Å²) in [4.78, 5) is 0. The average molecular weight is 212 g/mol. The Morgan fingerprint density at radius 2 is 2.20 bits per heavy atom. The number of nitrogen functional groups attached to an aromatic ring is 1. The zero-order chi connectivity index (χ0) is 11.3. The number of nitrogens with zero attached hydrogens (tertiary/aromatic N) is 2. The molecule has 4 N–H and O–H groups in total. The first-order valence-electron chi connectivity index (χ1n) is 5.36. The van der Waals surface area contributed by atoms with Crippen LogP contribution in [0, 0.1) is 0 Å². The van der Waals surface area contributed by atoms with E-state index in [0.29, 0.717) is 0 Å². The van der Waals surface area contributed by atoms with E-state index in [0.717, 1.165) is 43.0 Å². The second kappa shape index (κ2) is 5.60. The molecule has 1 heterocycles. The summed E-state index contributed by atoms with van der Waals surface area (Å²) in [6.45, 7) is 3.09. The molecule has 15 heavy (non-hydrogen) atoms. The summed E-state index contributed by atoms with van der Waals surface area (Å²) in [5.41, 5.74) is 7.61. The maximum Gasteiger partial charge on any atom is 0.147 e. The van der Waals surface area contributed by atoms with E-state index in [-0.39, 0.29) is 6.61 Å². The van der Waals surface area contributed by atoms with Crippen LogP contribution in [0.15, 0.2) is 0 Å². The van der Waals surface area contributed by atoms with Gasteiger partial charge in [0.15, 0.2) is 0 Å². The third-order valence-corrected chi connectivity index (χ3v) is 2.37. The minimum atomic E-state index is 0.239. The molecule has 0 atom stereocenters. The van der Waals surface area contributed by atoms with Crippen LogP contribution in [0.25, 0.3) is 0 Å². The molecule has 5 heteroatoms. The lowest BCUT2D eigenvalue weighted by Gasteiger charge is -2.06. The van der Waals surface area contributed by atoms with Crippen molar-refractivity contribution in [3.63, 3.8) is 0 Å². The maximum absolute atomic E-state index is 8.64. The molecular formula is C10H20N4O. The van der Waals surface area contributed by atoms with Crippen LogP contribution < -0.4 is 11.1 Å². The lowest BCUT2D eigenvalue weighted by atomic mass is 10.3. The van der Waals surface area contributed by atoms with Crippen LogP contribution in [0.3, 0.4) is 0 Å². The van der Waals surface area contributed by atoms with Gasteiger partial charge in [0.1, 0.15) is 5.82 Å². The molecule has 0 aliphatic rings. The van der Waals surface area contributed by atoms with Crippen LogP contribution in [-0.2, 0) is 13.5 Å². The Morgan fingerprint density at radius 1 is 1.47 bits per heavy atom. The predicted octanol–water partition coefficient (Wildman–Crippen LogP) is 0.749. The molecule has 0 fully saturated rings. The number of aromatic nitrogens is 2. The van der Waals surface area contributed by atoms with Crippen molar-refractivity contribution in [2.24, 2.45) is 7.05 Å². The Kier molecular flexibility index (Phi) is 4.42. The average Bonchev–Trinajstić information content (AvgIpc) is 2.50. The van der Waals surface area contributed by atoms with Gasteiger partial charge in [-0.3, -0.25) is 4.68 Å². The van der Waals surface area contributed by atoms with Gasteiger partial charge in [0.2, 0.25) is 0 Å². The first-order chi connectivity index (χ1) is 7.20. The van der Waals surface area contributed by atoms with Crippen molar-refractivity contribution in [1.29, 1.82) is 0 Å². The number of unbranched alkanes of at least 4 members (excludes halogenated alkanes) is 1. The molecule has 0 radical (unpaired) electrons. The molecule has 0 saturated carbocycles. The number of hydrogen-bond acceptors (Lipinski definition) is 4. The zero-order valence-corrected chi connectivity index (χ0v) is 9.45. The monoisotopic (exact) mass is 212 g/mol. The lowest BCUT2D eigenvalue weighted by molar-refractivity contribution is 0.286. The maximum atomic E-state index is 8.64. The van der Waals surface area contributed by atoms with Crippen molar-refractivity contribution in [1.82, 2.24) is 9.78 Å². The molecule has 0 saturated heterocycles. The van der Waals surface area contributed by atoms with Crippen molar-refractivity contribution < 1.29 is 5.11 Å². The highest BCUT2D eigenvalue weighted by atomic mass is 16.2. The van der Waals surface area contributed by atoms with E-state index in [1.54, 1.807) is 4.68 Å². The molecule has 5 nitrogen and oxygen atoms in total. The fraction of sp³-hybridized carbons (Fsp3) is 0.700. The number of aliphatic hydroxyl groups is 1. The summed E-state index contributed by atoms with van der Waals surface area (Å²) in [6, 6.07) is 0. The van der Waals surface area contributed by atoms with E-state index in [1.165, 1.54) is 0 Å². The van der Waals surface area contributed by atoms with E-state index < -0.39 is 0 Å². The normalized spacial score (nSPS) is 10.6. The second-order valence-corrected chi connectivity index (χ2v) is 3.54. The summed E-state index contributed by atoms with van der Waals surface area (Å²) in [7, 11) is 1.88. The highest BCUT2D eigenvalue weighted by molar-refractivity contribution is 5.64. The molecule has 0 unspecified atom stereocenters. The fourth-order valence-electron chi connectivity index (χ4n) is 1.51. The lowest BCUT2D eigenvalue weighted by Crippen LogP contribution is -2.08. The molecule has 1 rings (SSSR count). The standard InChI is InChI=1S/C10H20N4O/c1-3-8-9(11)10(14(2)13-8)12-6-4-5-7-15/h12,15H,3-7,11H2,1-2H3. The molecule has 86 valence electrons. The van der Waals surface area contributed by atoms with Gasteiger partial charge < -0.3 is 16.2 Å². The van der Waals surface area contributed by atoms with Crippen molar-refractivity contribution in [2.45, 2.75) is 26.2 Å². The predicted molar refractivity (Wildman–Crippen MR) is 61.8 cm³/mol. The Labute approximate surface area is 90.3 Å². The van der Waals surface area contributed by atoms with Crippen LogP contribution in [0.5, 0.6) is 0 Å². The Hall–Kier alpha value is -1.23. The zero-order valence-electron chi connectivity index (χ0n) is 9.45. The number of nitrogens with one attached hydrogen (secondary N) is 1. The van der Waals surface area contributed by atoms with Gasteiger partial charge in [-0.2, -0.15) is 5.10 Å². The molecule has 0 amide bonds. The van der Waals surface area contributed by atoms with Gasteiger partial charge in [0.25, 0.3) is 0 Å². The van der Waals surface area contributed by atoms with Gasteiger partial charge in [-0.1, -0.05) is 6.92 Å². The number of rotatable bonds is 6. The highest BCUT2D eigenvalue weighted by Gasteiger charge is 2.10. The topological polar surface area (TPSA) is 76.1 Å². The van der Waals surface area contributed by atoms with Gasteiger partial charge in [0.05, 0.1) is 11.4 Å². The summed E-state index contributed by atoms with van der Waals surface area (Å²) in [6.07, 6.45) is 2.59. The summed E-state index contributed by atoms with van der Waals surface area (Å²) in [5, 5.41) is 16.2. The van der Waals surface area contributed by atoms with Gasteiger partial charge in [-0.05, 0) is 19.3 Å². The first kappa shape index (κ1) is 11.8. The Bertz CT molecular complexity index is 309. The molecule has 0 aromatic carbocycles. The Balaban J connectivity index is 2.56. The summed E-state index contributed by atoms with van der Waals surface area (Å²) in [5.74, 6) is 0.879. The number of hydrogen-bond donors (Lipinski definition) is 3. The molecule has 0 bridgehead atoms. The largest absolute Gasteiger partial charge is 0.396 e. The molecule has 0 aliphatic heterocycles. The number of aliphatic hydroxyl groups excluding tert-OH is 1. The van der Waals surface area contributed by atoms with Crippen LogP contribution in [-0.4, -0.2) is 28.0 Å². The van der Waals surface area contributed by atoms with Gasteiger partial charge >= 0.3 is 0 Å². The summed E-state index contributed by atoms with van der Waals surface area (Å²) >= 11 is 0. The van der Waals surface area contributed by atoms with Crippen molar-refractivity contribution in [3.8, 4) is 0 Å². The van der Waals surface area contributed by atoms with Crippen LogP contribution in [0.1, 0.15) is 25.5 Å². The van der Waals surface area contributed by atoms with Crippen LogP contribution >= 0.6 is 0 Å². The summed E-state index contributed by atoms with van der Waals surface area (Å²) < 4.78 is 1.77. The van der Waals surface area contributed by atoms with Crippen LogP contribution in [0.4, 0.5) is 11.5 Å². The Morgan fingerprint density at radius 3 is 2.73 bits per heavy atom. The SMILES string of the molecule is CCc1nn(C)c(NCCCCO)c1N. The highest BCUT2D eigenvalue weighted by Crippen LogP contribution is 2.21. The minimum Gasteiger partial charge on any atom is -0.396 e. The van der Waals surface area contributed by atoms with E-state index >= 15 is 0 Å². The van der Waals surface area contributed by atoms with Gasteiger partial charge in [-0.25, -0.2) is 0 Å². The molecule has 0 aliphatic carbocycles. The van der Waals surface area contributed by atoms with Gasteiger partial charge in [0, 0.05) is 20.2 Å². The molecular weight excluding hydrogens is 192 g/mol. The third-order valence-electron chi connectivity index (χ3n) is 2.37. The number of aryl methyl sites for hydroxylation is 2. The molecule has 1 aromatic heterocycles.